The number of nitrogens with one attached hydrogen (secondary N) is 1. The highest BCUT2D eigenvalue weighted by Gasteiger charge is 2.17. The van der Waals surface area contributed by atoms with Crippen molar-refractivity contribution in [2.75, 3.05) is 6.26 Å². The second-order valence-electron chi connectivity index (χ2n) is 6.36. The van der Waals surface area contributed by atoms with Crippen molar-refractivity contribution >= 4 is 15.7 Å². The van der Waals surface area contributed by atoms with E-state index in [1.54, 1.807) is 12.1 Å². The lowest BCUT2D eigenvalue weighted by Crippen LogP contribution is -2.29. The summed E-state index contributed by atoms with van der Waals surface area (Å²) in [5, 5.41) is 3.05. The molecule has 0 radical (unpaired) electrons. The monoisotopic (exact) mass is 345 g/mol. The van der Waals surface area contributed by atoms with Crippen molar-refractivity contribution in [2.24, 2.45) is 5.92 Å². The second-order valence-corrected chi connectivity index (χ2v) is 8.38. The first kappa shape index (κ1) is 18.2. The Morgan fingerprint density at radius 3 is 2.08 bits per heavy atom. The molecular formula is C19H23NO3S. The molecular weight excluding hydrogens is 322 g/mol. The van der Waals surface area contributed by atoms with Gasteiger partial charge in [0.15, 0.2) is 9.84 Å². The lowest BCUT2D eigenvalue weighted by Gasteiger charge is -2.21. The van der Waals surface area contributed by atoms with Crippen LogP contribution in [-0.2, 0) is 9.84 Å². The maximum atomic E-state index is 12.5. The van der Waals surface area contributed by atoms with Gasteiger partial charge in [0.1, 0.15) is 0 Å². The molecule has 0 fully saturated rings. The van der Waals surface area contributed by atoms with Gasteiger partial charge in [-0.15, -0.1) is 0 Å². The molecule has 0 bridgehead atoms. The van der Waals surface area contributed by atoms with Crippen LogP contribution in [0.25, 0.3) is 0 Å². The number of amides is 1. The third-order valence-electron chi connectivity index (χ3n) is 3.76. The third kappa shape index (κ3) is 4.93. The van der Waals surface area contributed by atoms with E-state index in [4.69, 9.17) is 0 Å². The Labute approximate surface area is 143 Å². The lowest BCUT2D eigenvalue weighted by molar-refractivity contribution is 0.0932. The van der Waals surface area contributed by atoms with Crippen LogP contribution in [0.3, 0.4) is 0 Å². The molecule has 1 N–H and O–H groups in total. The summed E-state index contributed by atoms with van der Waals surface area (Å²) < 4.78 is 23.0. The molecule has 0 saturated heterocycles. The summed E-state index contributed by atoms with van der Waals surface area (Å²) in [6.07, 6.45) is 1.98. The van der Waals surface area contributed by atoms with Crippen LogP contribution >= 0.6 is 0 Å². The van der Waals surface area contributed by atoms with Gasteiger partial charge in [-0.2, -0.15) is 0 Å². The molecule has 0 unspecified atom stereocenters. The molecule has 0 aliphatic rings. The Kier molecular flexibility index (Phi) is 5.78. The van der Waals surface area contributed by atoms with Crippen molar-refractivity contribution < 1.29 is 13.2 Å². The molecule has 0 aliphatic carbocycles. The zero-order valence-corrected chi connectivity index (χ0v) is 15.0. The number of rotatable bonds is 6. The number of hydrogen-bond acceptors (Lipinski definition) is 3. The van der Waals surface area contributed by atoms with Crippen molar-refractivity contribution in [1.82, 2.24) is 5.32 Å². The zero-order valence-electron chi connectivity index (χ0n) is 14.2. The molecule has 1 amide bonds. The van der Waals surface area contributed by atoms with Gasteiger partial charge in [0, 0.05) is 11.8 Å². The summed E-state index contributed by atoms with van der Waals surface area (Å²) in [6.45, 7) is 4.23. The molecule has 0 aliphatic heterocycles. The third-order valence-corrected chi connectivity index (χ3v) is 4.89. The summed E-state index contributed by atoms with van der Waals surface area (Å²) in [6, 6.07) is 15.8. The van der Waals surface area contributed by atoms with E-state index in [-0.39, 0.29) is 16.8 Å². The molecule has 5 heteroatoms. The smallest absolute Gasteiger partial charge is 0.251 e. The largest absolute Gasteiger partial charge is 0.345 e. The Hall–Kier alpha value is -2.14. The van der Waals surface area contributed by atoms with Crippen molar-refractivity contribution in [2.45, 2.75) is 31.2 Å². The van der Waals surface area contributed by atoms with Crippen molar-refractivity contribution in [1.29, 1.82) is 0 Å². The molecule has 2 aromatic rings. The SMILES string of the molecule is CC(C)C[C@@H](NC(=O)c1ccc(S(C)(=O)=O)cc1)c1ccccc1. The van der Waals surface area contributed by atoms with Crippen LogP contribution in [0.2, 0.25) is 0 Å². The van der Waals surface area contributed by atoms with Gasteiger partial charge in [-0.25, -0.2) is 8.42 Å². The van der Waals surface area contributed by atoms with Gasteiger partial charge in [-0.05, 0) is 42.2 Å². The standard InChI is InChI=1S/C19H23NO3S/c1-14(2)13-18(15-7-5-4-6-8-15)20-19(21)16-9-11-17(12-10-16)24(3,22)23/h4-12,14,18H,13H2,1-3H3,(H,20,21)/t18-/m1/s1. The molecule has 4 nitrogen and oxygen atoms in total. The van der Waals surface area contributed by atoms with Crippen molar-refractivity contribution in [3.63, 3.8) is 0 Å². The maximum absolute atomic E-state index is 12.5. The molecule has 128 valence electrons. The van der Waals surface area contributed by atoms with Gasteiger partial charge < -0.3 is 5.32 Å². The minimum absolute atomic E-state index is 0.0757. The first-order chi connectivity index (χ1) is 11.3. The van der Waals surface area contributed by atoms with E-state index in [9.17, 15) is 13.2 Å². The van der Waals surface area contributed by atoms with Crippen molar-refractivity contribution in [3.05, 3.63) is 65.7 Å². The Morgan fingerprint density at radius 2 is 1.58 bits per heavy atom. The first-order valence-electron chi connectivity index (χ1n) is 7.93. The number of benzene rings is 2. The molecule has 2 aromatic carbocycles. The summed E-state index contributed by atoms with van der Waals surface area (Å²) >= 11 is 0. The molecule has 0 spiro atoms. The van der Waals surface area contributed by atoms with Crippen LogP contribution in [0.4, 0.5) is 0 Å². The van der Waals surface area contributed by atoms with Crippen LogP contribution in [0, 0.1) is 5.92 Å². The zero-order chi connectivity index (χ0) is 17.7. The summed E-state index contributed by atoms with van der Waals surface area (Å²) in [5.74, 6) is 0.229. The van der Waals surface area contributed by atoms with E-state index in [2.05, 4.69) is 19.2 Å². The molecule has 0 heterocycles. The molecule has 0 aromatic heterocycles. The van der Waals surface area contributed by atoms with Crippen LogP contribution in [-0.4, -0.2) is 20.6 Å². The van der Waals surface area contributed by atoms with Crippen LogP contribution in [0.1, 0.15) is 42.2 Å². The number of hydrogen-bond donors (Lipinski definition) is 1. The first-order valence-corrected chi connectivity index (χ1v) is 9.82. The average molecular weight is 345 g/mol. The molecule has 24 heavy (non-hydrogen) atoms. The predicted molar refractivity (Wildman–Crippen MR) is 95.7 cm³/mol. The average Bonchev–Trinajstić information content (AvgIpc) is 2.54. The van der Waals surface area contributed by atoms with E-state index in [0.29, 0.717) is 11.5 Å². The highest BCUT2D eigenvalue weighted by molar-refractivity contribution is 7.90. The van der Waals surface area contributed by atoms with Gasteiger partial charge in [-0.3, -0.25) is 4.79 Å². The maximum Gasteiger partial charge on any atom is 0.251 e. The number of sulfone groups is 1. The van der Waals surface area contributed by atoms with E-state index in [1.165, 1.54) is 12.1 Å². The molecule has 0 saturated carbocycles. The van der Waals surface area contributed by atoms with E-state index < -0.39 is 9.84 Å². The van der Waals surface area contributed by atoms with E-state index in [0.717, 1.165) is 18.2 Å². The van der Waals surface area contributed by atoms with Gasteiger partial charge in [0.05, 0.1) is 10.9 Å². The fraction of sp³-hybridized carbons (Fsp3) is 0.316. The fourth-order valence-corrected chi connectivity index (χ4v) is 3.16. The minimum Gasteiger partial charge on any atom is -0.345 e. The Balaban J connectivity index is 2.18. The summed E-state index contributed by atoms with van der Waals surface area (Å²) in [7, 11) is -3.26. The summed E-state index contributed by atoms with van der Waals surface area (Å²) in [5.41, 5.74) is 1.51. The summed E-state index contributed by atoms with van der Waals surface area (Å²) in [4.78, 5) is 12.7. The minimum atomic E-state index is -3.26. The topological polar surface area (TPSA) is 63.2 Å². The highest BCUT2D eigenvalue weighted by Crippen LogP contribution is 2.22. The van der Waals surface area contributed by atoms with Gasteiger partial charge in [0.25, 0.3) is 5.91 Å². The normalized spacial score (nSPS) is 12.8. The quantitative estimate of drug-likeness (QED) is 0.870. The fourth-order valence-electron chi connectivity index (χ4n) is 2.53. The Morgan fingerprint density at radius 1 is 1.00 bits per heavy atom. The lowest BCUT2D eigenvalue weighted by atomic mass is 9.96. The van der Waals surface area contributed by atoms with Crippen LogP contribution in [0.5, 0.6) is 0 Å². The number of carbonyl (C=O) groups is 1. The highest BCUT2D eigenvalue weighted by atomic mass is 32.2. The van der Waals surface area contributed by atoms with Gasteiger partial charge >= 0.3 is 0 Å². The van der Waals surface area contributed by atoms with Gasteiger partial charge in [-0.1, -0.05) is 44.2 Å². The molecule has 2 rings (SSSR count). The van der Waals surface area contributed by atoms with Crippen LogP contribution < -0.4 is 5.32 Å². The van der Waals surface area contributed by atoms with Crippen molar-refractivity contribution in [3.8, 4) is 0 Å². The van der Waals surface area contributed by atoms with Crippen LogP contribution in [0.15, 0.2) is 59.5 Å². The predicted octanol–water partition coefficient (Wildman–Crippen LogP) is 3.61. The second kappa shape index (κ2) is 7.62. The van der Waals surface area contributed by atoms with E-state index in [1.807, 2.05) is 30.3 Å². The van der Waals surface area contributed by atoms with Gasteiger partial charge in [0.2, 0.25) is 0 Å². The molecule has 1 atom stereocenters. The van der Waals surface area contributed by atoms with E-state index >= 15 is 0 Å². The number of carbonyl (C=O) groups excluding carboxylic acids is 1. The Bertz CT molecular complexity index is 781.